The largest absolute Gasteiger partial charge is 0.493 e. The van der Waals surface area contributed by atoms with Crippen molar-refractivity contribution in [1.29, 1.82) is 0 Å². The summed E-state index contributed by atoms with van der Waals surface area (Å²) in [5.74, 6) is 1.41. The molecule has 0 spiro atoms. The van der Waals surface area contributed by atoms with Crippen molar-refractivity contribution in [3.8, 4) is 22.8 Å². The van der Waals surface area contributed by atoms with Crippen LogP contribution in [0.15, 0.2) is 53.6 Å². The number of anilines is 1. The van der Waals surface area contributed by atoms with Gasteiger partial charge in [-0.3, -0.25) is 5.43 Å². The molecule has 0 fully saturated rings. The summed E-state index contributed by atoms with van der Waals surface area (Å²) in [6.07, 6.45) is 1.74. The molecule has 0 unspecified atom stereocenters. The highest BCUT2D eigenvalue weighted by atomic mass is 32.1. The third kappa shape index (κ3) is 4.21. The third-order valence-corrected chi connectivity index (χ3v) is 4.58. The summed E-state index contributed by atoms with van der Waals surface area (Å²) in [6, 6.07) is 15.8. The second-order valence-electron chi connectivity index (χ2n) is 5.50. The van der Waals surface area contributed by atoms with E-state index in [9.17, 15) is 0 Å². The van der Waals surface area contributed by atoms with Gasteiger partial charge in [-0.25, -0.2) is 4.98 Å². The lowest BCUT2D eigenvalue weighted by atomic mass is 10.1. The van der Waals surface area contributed by atoms with Crippen LogP contribution in [0.5, 0.6) is 11.5 Å². The van der Waals surface area contributed by atoms with Crippen LogP contribution >= 0.6 is 11.3 Å². The number of nitrogens with zero attached hydrogens (tertiary/aromatic N) is 2. The fourth-order valence-electron chi connectivity index (χ4n) is 2.51. The van der Waals surface area contributed by atoms with Crippen LogP contribution in [0.1, 0.15) is 17.4 Å². The molecule has 6 heteroatoms. The fraction of sp³-hybridized carbons (Fsp3) is 0.200. The Morgan fingerprint density at radius 2 is 1.96 bits per heavy atom. The van der Waals surface area contributed by atoms with E-state index < -0.39 is 0 Å². The van der Waals surface area contributed by atoms with Gasteiger partial charge in [0, 0.05) is 10.4 Å². The van der Waals surface area contributed by atoms with E-state index in [1.807, 2.05) is 43.3 Å². The first-order valence-corrected chi connectivity index (χ1v) is 9.15. The maximum Gasteiger partial charge on any atom is 0.204 e. The molecule has 0 aliphatic heterocycles. The molecule has 1 aromatic heterocycles. The Morgan fingerprint density at radius 1 is 1.15 bits per heavy atom. The quantitative estimate of drug-likeness (QED) is 0.473. The summed E-state index contributed by atoms with van der Waals surface area (Å²) in [6.45, 7) is 4.58. The molecule has 0 atom stereocenters. The zero-order valence-electron chi connectivity index (χ0n) is 15.0. The first-order valence-electron chi connectivity index (χ1n) is 8.34. The van der Waals surface area contributed by atoms with Gasteiger partial charge in [0.05, 0.1) is 25.6 Å². The Balaban J connectivity index is 1.72. The van der Waals surface area contributed by atoms with E-state index in [0.717, 1.165) is 26.8 Å². The third-order valence-electron chi connectivity index (χ3n) is 3.71. The number of methoxy groups -OCH3 is 1. The first kappa shape index (κ1) is 17.9. The van der Waals surface area contributed by atoms with Gasteiger partial charge < -0.3 is 9.47 Å². The van der Waals surface area contributed by atoms with Crippen molar-refractivity contribution in [2.45, 2.75) is 13.8 Å². The maximum absolute atomic E-state index is 5.58. The molecule has 134 valence electrons. The van der Waals surface area contributed by atoms with Crippen molar-refractivity contribution < 1.29 is 9.47 Å². The zero-order chi connectivity index (χ0) is 18.4. The molecular formula is C20H21N3O2S. The zero-order valence-corrected chi connectivity index (χ0v) is 15.8. The number of benzene rings is 2. The number of hydrazone groups is 1. The van der Waals surface area contributed by atoms with E-state index in [2.05, 4.69) is 34.6 Å². The van der Waals surface area contributed by atoms with E-state index in [1.54, 1.807) is 24.7 Å². The lowest BCUT2D eigenvalue weighted by Crippen LogP contribution is -1.97. The van der Waals surface area contributed by atoms with E-state index in [0.29, 0.717) is 18.1 Å². The van der Waals surface area contributed by atoms with Gasteiger partial charge in [-0.15, -0.1) is 11.3 Å². The molecule has 0 saturated heterocycles. The van der Waals surface area contributed by atoms with Crippen molar-refractivity contribution in [3.05, 3.63) is 59.0 Å². The van der Waals surface area contributed by atoms with Crippen molar-refractivity contribution in [1.82, 2.24) is 4.98 Å². The predicted molar refractivity (Wildman–Crippen MR) is 108 cm³/mol. The molecule has 0 radical (unpaired) electrons. The molecule has 0 bridgehead atoms. The number of hydrogen-bond donors (Lipinski definition) is 1. The summed E-state index contributed by atoms with van der Waals surface area (Å²) in [7, 11) is 1.63. The van der Waals surface area contributed by atoms with E-state index in [1.165, 1.54) is 0 Å². The molecule has 1 N–H and O–H groups in total. The highest BCUT2D eigenvalue weighted by Gasteiger charge is 2.09. The van der Waals surface area contributed by atoms with Gasteiger partial charge >= 0.3 is 0 Å². The monoisotopic (exact) mass is 367 g/mol. The SMILES string of the molecule is CCOc1cc(C=NNc2nc(-c3ccccc3)c(C)s2)ccc1OC. The van der Waals surface area contributed by atoms with Crippen LogP contribution in [0.2, 0.25) is 0 Å². The van der Waals surface area contributed by atoms with Gasteiger partial charge in [0.1, 0.15) is 0 Å². The smallest absolute Gasteiger partial charge is 0.204 e. The van der Waals surface area contributed by atoms with Crippen LogP contribution in [-0.2, 0) is 0 Å². The minimum Gasteiger partial charge on any atom is -0.493 e. The first-order chi connectivity index (χ1) is 12.7. The minimum atomic E-state index is 0.579. The van der Waals surface area contributed by atoms with Gasteiger partial charge in [-0.05, 0) is 37.6 Å². The number of aryl methyl sites for hydroxylation is 1. The normalized spacial score (nSPS) is 10.9. The van der Waals surface area contributed by atoms with Gasteiger partial charge in [0.25, 0.3) is 0 Å². The maximum atomic E-state index is 5.58. The number of thiazole rings is 1. The van der Waals surface area contributed by atoms with E-state index in [-0.39, 0.29) is 0 Å². The van der Waals surface area contributed by atoms with Crippen LogP contribution in [0.25, 0.3) is 11.3 Å². The summed E-state index contributed by atoms with van der Waals surface area (Å²) in [5.41, 5.74) is 6.01. The van der Waals surface area contributed by atoms with Crippen LogP contribution in [0, 0.1) is 6.92 Å². The van der Waals surface area contributed by atoms with Crippen molar-refractivity contribution in [3.63, 3.8) is 0 Å². The van der Waals surface area contributed by atoms with Gasteiger partial charge in [0.15, 0.2) is 11.5 Å². The van der Waals surface area contributed by atoms with Crippen LogP contribution in [0.4, 0.5) is 5.13 Å². The number of rotatable bonds is 7. The average Bonchev–Trinajstić information content (AvgIpc) is 3.03. The molecule has 0 aliphatic rings. The predicted octanol–water partition coefficient (Wildman–Crippen LogP) is 4.97. The van der Waals surface area contributed by atoms with Crippen LogP contribution in [0.3, 0.4) is 0 Å². The molecule has 0 saturated carbocycles. The molecule has 2 aromatic carbocycles. The molecule has 3 rings (SSSR count). The molecule has 0 aliphatic carbocycles. The number of hydrogen-bond acceptors (Lipinski definition) is 6. The van der Waals surface area contributed by atoms with Gasteiger partial charge in [-0.2, -0.15) is 5.10 Å². The second kappa shape index (κ2) is 8.49. The fourth-order valence-corrected chi connectivity index (χ4v) is 3.30. The Morgan fingerprint density at radius 3 is 2.69 bits per heavy atom. The highest BCUT2D eigenvalue weighted by molar-refractivity contribution is 7.15. The van der Waals surface area contributed by atoms with Gasteiger partial charge in [-0.1, -0.05) is 30.3 Å². The van der Waals surface area contributed by atoms with Gasteiger partial charge in [0.2, 0.25) is 5.13 Å². The van der Waals surface area contributed by atoms with Crippen molar-refractivity contribution in [2.75, 3.05) is 19.1 Å². The summed E-state index contributed by atoms with van der Waals surface area (Å²) < 4.78 is 10.9. The van der Waals surface area contributed by atoms with Crippen molar-refractivity contribution in [2.24, 2.45) is 5.10 Å². The molecule has 0 amide bonds. The Hall–Kier alpha value is -2.86. The minimum absolute atomic E-state index is 0.579. The Kier molecular flexibility index (Phi) is 5.86. The summed E-state index contributed by atoms with van der Waals surface area (Å²) >= 11 is 1.58. The van der Waals surface area contributed by atoms with Crippen LogP contribution < -0.4 is 14.9 Å². The van der Waals surface area contributed by atoms with Crippen LogP contribution in [-0.4, -0.2) is 24.9 Å². The van der Waals surface area contributed by atoms with Crippen molar-refractivity contribution >= 4 is 22.7 Å². The molecule has 1 heterocycles. The number of nitrogens with one attached hydrogen (secondary N) is 1. The lowest BCUT2D eigenvalue weighted by Gasteiger charge is -2.09. The number of ether oxygens (including phenoxy) is 2. The average molecular weight is 367 g/mol. The molecule has 26 heavy (non-hydrogen) atoms. The molecule has 3 aromatic rings. The Labute approximate surface area is 157 Å². The summed E-state index contributed by atoms with van der Waals surface area (Å²) in [4.78, 5) is 5.78. The Bertz CT molecular complexity index is 891. The summed E-state index contributed by atoms with van der Waals surface area (Å²) in [5, 5.41) is 5.05. The molecule has 5 nitrogen and oxygen atoms in total. The second-order valence-corrected chi connectivity index (χ2v) is 6.71. The van der Waals surface area contributed by atoms with E-state index >= 15 is 0 Å². The highest BCUT2D eigenvalue weighted by Crippen LogP contribution is 2.30. The topological polar surface area (TPSA) is 55.7 Å². The lowest BCUT2D eigenvalue weighted by molar-refractivity contribution is 0.311. The molecular weight excluding hydrogens is 346 g/mol. The number of aromatic nitrogens is 1. The standard InChI is InChI=1S/C20H21N3O2S/c1-4-25-18-12-15(10-11-17(18)24-3)13-21-23-20-22-19(14(2)26-20)16-8-6-5-7-9-16/h5-13H,4H2,1-3H3,(H,22,23). The van der Waals surface area contributed by atoms with E-state index in [4.69, 9.17) is 9.47 Å².